The van der Waals surface area contributed by atoms with Gasteiger partial charge in [-0.15, -0.1) is 0 Å². The molecule has 0 atom stereocenters. The van der Waals surface area contributed by atoms with Gasteiger partial charge in [0.15, 0.2) is 17.5 Å². The second-order valence-electron chi connectivity index (χ2n) is 3.17. The zero-order chi connectivity index (χ0) is 12.7. The minimum Gasteiger partial charge on any atom is -0.478 e. The van der Waals surface area contributed by atoms with Crippen LogP contribution in [-0.2, 0) is 0 Å². The highest BCUT2D eigenvalue weighted by Crippen LogP contribution is 2.29. The van der Waals surface area contributed by atoms with Crippen LogP contribution in [0.4, 0.5) is 13.2 Å². The van der Waals surface area contributed by atoms with Crippen molar-refractivity contribution in [1.82, 2.24) is 4.98 Å². The molecule has 0 aliphatic rings. The predicted octanol–water partition coefficient (Wildman–Crippen LogP) is 3.00. The monoisotopic (exact) mass is 261 g/mol. The molecule has 3 nitrogen and oxygen atoms in total. The molecule has 88 valence electrons. The number of hydrogen-bond donors (Lipinski definition) is 1. The number of fused-ring (bicyclic) bond motifs is 1. The number of benzene rings is 1. The summed E-state index contributed by atoms with van der Waals surface area (Å²) in [5.41, 5.74) is -0.927. The molecule has 0 spiro atoms. The lowest BCUT2D eigenvalue weighted by Crippen LogP contribution is -2.02. The largest absolute Gasteiger partial charge is 0.478 e. The smallest absolute Gasteiger partial charge is 0.338 e. The Labute approximate surface area is 97.5 Å². The summed E-state index contributed by atoms with van der Waals surface area (Å²) in [4.78, 5) is 14.1. The van der Waals surface area contributed by atoms with Gasteiger partial charge in [-0.3, -0.25) is 4.98 Å². The minimum atomic E-state index is -1.68. The molecule has 1 N–H and O–H groups in total. The zero-order valence-corrected chi connectivity index (χ0v) is 8.73. The normalized spacial score (nSPS) is 10.8. The van der Waals surface area contributed by atoms with Gasteiger partial charge in [-0.05, 0) is 6.07 Å². The summed E-state index contributed by atoms with van der Waals surface area (Å²) in [6, 6.07) is 0.607. The van der Waals surface area contributed by atoms with Crippen molar-refractivity contribution in [3.8, 4) is 0 Å². The highest BCUT2D eigenvalue weighted by atomic mass is 35.5. The Morgan fingerprint density at radius 3 is 2.53 bits per heavy atom. The number of pyridine rings is 1. The lowest BCUT2D eigenvalue weighted by molar-refractivity contribution is 0.0697. The molecule has 1 heterocycles. The molecule has 2 aromatic rings. The molecule has 0 bridgehead atoms. The molecule has 0 radical (unpaired) electrons. The Balaban J connectivity index is 2.92. The molecule has 0 fully saturated rings. The molecule has 0 saturated carbocycles. The maximum Gasteiger partial charge on any atom is 0.338 e. The predicted molar refractivity (Wildman–Crippen MR) is 53.6 cm³/mol. The van der Waals surface area contributed by atoms with E-state index in [2.05, 4.69) is 4.98 Å². The minimum absolute atomic E-state index is 0.289. The van der Waals surface area contributed by atoms with Crippen LogP contribution < -0.4 is 0 Å². The van der Waals surface area contributed by atoms with Crippen molar-refractivity contribution >= 4 is 28.5 Å². The average Bonchev–Trinajstić information content (AvgIpc) is 2.27. The van der Waals surface area contributed by atoms with Gasteiger partial charge < -0.3 is 5.11 Å². The van der Waals surface area contributed by atoms with Crippen LogP contribution in [-0.4, -0.2) is 16.1 Å². The fraction of sp³-hybridized carbons (Fsp3) is 0. The fourth-order valence-electron chi connectivity index (χ4n) is 1.36. The highest BCUT2D eigenvalue weighted by Gasteiger charge is 2.20. The number of rotatable bonds is 1. The van der Waals surface area contributed by atoms with Crippen LogP contribution in [0.1, 0.15) is 10.4 Å². The molecule has 0 saturated heterocycles. The van der Waals surface area contributed by atoms with Crippen LogP contribution in [0, 0.1) is 17.5 Å². The van der Waals surface area contributed by atoms with Crippen molar-refractivity contribution in [3.63, 3.8) is 0 Å². The summed E-state index contributed by atoms with van der Waals surface area (Å²) in [6.45, 7) is 0. The first-order valence-corrected chi connectivity index (χ1v) is 4.66. The average molecular weight is 262 g/mol. The number of hydrogen-bond acceptors (Lipinski definition) is 2. The Morgan fingerprint density at radius 1 is 1.29 bits per heavy atom. The maximum atomic E-state index is 13.3. The van der Waals surface area contributed by atoms with E-state index in [1.807, 2.05) is 0 Å². The molecule has 0 aliphatic carbocycles. The summed E-state index contributed by atoms with van der Waals surface area (Å²) < 4.78 is 39.2. The molecular formula is C10H3ClF3NO2. The molecular weight excluding hydrogens is 259 g/mol. The van der Waals surface area contributed by atoms with E-state index in [4.69, 9.17) is 16.7 Å². The summed E-state index contributed by atoms with van der Waals surface area (Å²) >= 11 is 5.66. The van der Waals surface area contributed by atoms with E-state index < -0.39 is 34.5 Å². The van der Waals surface area contributed by atoms with Crippen molar-refractivity contribution in [2.75, 3.05) is 0 Å². The van der Waals surface area contributed by atoms with E-state index in [1.54, 1.807) is 0 Å². The molecule has 1 aromatic carbocycles. The van der Waals surface area contributed by atoms with E-state index in [0.29, 0.717) is 6.07 Å². The van der Waals surface area contributed by atoms with Crippen LogP contribution in [0.25, 0.3) is 10.9 Å². The quantitative estimate of drug-likeness (QED) is 0.803. The van der Waals surface area contributed by atoms with Crippen molar-refractivity contribution < 1.29 is 23.1 Å². The number of carboxylic acids is 1. The Morgan fingerprint density at radius 2 is 1.94 bits per heavy atom. The number of carbonyl (C=O) groups is 1. The lowest BCUT2D eigenvalue weighted by atomic mass is 10.1. The maximum absolute atomic E-state index is 13.3. The van der Waals surface area contributed by atoms with Gasteiger partial charge in [0.2, 0.25) is 0 Å². The van der Waals surface area contributed by atoms with Gasteiger partial charge in [-0.1, -0.05) is 11.6 Å². The van der Waals surface area contributed by atoms with Crippen molar-refractivity contribution in [2.24, 2.45) is 0 Å². The molecule has 7 heteroatoms. The van der Waals surface area contributed by atoms with Crippen LogP contribution in [0.15, 0.2) is 12.3 Å². The van der Waals surface area contributed by atoms with E-state index >= 15 is 0 Å². The number of halogens is 4. The van der Waals surface area contributed by atoms with E-state index in [9.17, 15) is 18.0 Å². The topological polar surface area (TPSA) is 50.2 Å². The van der Waals surface area contributed by atoms with Crippen LogP contribution in [0.3, 0.4) is 0 Å². The number of aromatic nitrogens is 1. The number of aromatic carboxylic acids is 1. The van der Waals surface area contributed by atoms with Crippen LogP contribution in [0.5, 0.6) is 0 Å². The third-order valence-electron chi connectivity index (χ3n) is 2.16. The van der Waals surface area contributed by atoms with Gasteiger partial charge in [0.05, 0.1) is 10.6 Å². The highest BCUT2D eigenvalue weighted by molar-refractivity contribution is 6.38. The third-order valence-corrected chi connectivity index (χ3v) is 2.57. The van der Waals surface area contributed by atoms with E-state index in [-0.39, 0.29) is 10.4 Å². The van der Waals surface area contributed by atoms with E-state index in [0.717, 1.165) is 6.20 Å². The second kappa shape index (κ2) is 3.89. The third kappa shape index (κ3) is 1.70. The van der Waals surface area contributed by atoms with Crippen molar-refractivity contribution in [1.29, 1.82) is 0 Å². The Bertz CT molecular complexity index is 645. The molecule has 2 rings (SSSR count). The summed E-state index contributed by atoms with van der Waals surface area (Å²) in [6.07, 6.45) is 0.785. The molecule has 0 amide bonds. The van der Waals surface area contributed by atoms with Gasteiger partial charge >= 0.3 is 5.97 Å². The van der Waals surface area contributed by atoms with Gasteiger partial charge in [-0.2, -0.15) is 0 Å². The SMILES string of the molecule is O=C(O)c1cnc2c(F)c(F)c(F)cc2c1Cl. The molecule has 17 heavy (non-hydrogen) atoms. The van der Waals surface area contributed by atoms with Crippen LogP contribution >= 0.6 is 11.6 Å². The number of nitrogens with zero attached hydrogens (tertiary/aromatic N) is 1. The van der Waals surface area contributed by atoms with Gasteiger partial charge in [0.1, 0.15) is 5.52 Å². The van der Waals surface area contributed by atoms with Crippen LogP contribution in [0.2, 0.25) is 5.02 Å². The first-order valence-electron chi connectivity index (χ1n) is 4.28. The summed E-state index contributed by atoms with van der Waals surface area (Å²) in [5, 5.41) is 8.05. The lowest BCUT2D eigenvalue weighted by Gasteiger charge is -2.05. The Hall–Kier alpha value is -1.82. The zero-order valence-electron chi connectivity index (χ0n) is 7.97. The van der Waals surface area contributed by atoms with Gasteiger partial charge in [0, 0.05) is 11.6 Å². The molecule has 1 aromatic heterocycles. The molecule has 0 aliphatic heterocycles. The second-order valence-corrected chi connectivity index (χ2v) is 3.55. The first-order chi connectivity index (χ1) is 7.93. The van der Waals surface area contributed by atoms with Crippen molar-refractivity contribution in [3.05, 3.63) is 40.3 Å². The Kier molecular flexibility index (Phi) is 2.66. The first kappa shape index (κ1) is 11.7. The fourth-order valence-corrected chi connectivity index (χ4v) is 1.63. The number of carboxylic acid groups (broad SMARTS) is 1. The van der Waals surface area contributed by atoms with Crippen molar-refractivity contribution in [2.45, 2.75) is 0 Å². The molecule has 0 unspecified atom stereocenters. The van der Waals surface area contributed by atoms with E-state index in [1.165, 1.54) is 0 Å². The summed E-state index contributed by atoms with van der Waals surface area (Å²) in [5.74, 6) is -6.03. The summed E-state index contributed by atoms with van der Waals surface area (Å²) in [7, 11) is 0. The van der Waals surface area contributed by atoms with Gasteiger partial charge in [-0.25, -0.2) is 18.0 Å². The van der Waals surface area contributed by atoms with Gasteiger partial charge in [0.25, 0.3) is 0 Å². The standard InChI is InChI=1S/C10H3ClF3NO2/c11-6-3-1-5(12)7(13)8(14)9(3)15-2-4(6)10(16)17/h1-2H,(H,16,17).